The lowest BCUT2D eigenvalue weighted by molar-refractivity contribution is -0.0899. The Hall–Kier alpha value is -2.86. The highest BCUT2D eigenvalue weighted by Gasteiger charge is 2.43. The molecule has 1 aliphatic rings. The minimum atomic E-state index is -0.897. The number of aliphatic hydroxyl groups excluding tert-OH is 1. The van der Waals surface area contributed by atoms with E-state index in [1.807, 2.05) is 66.7 Å². The van der Waals surface area contributed by atoms with E-state index in [2.05, 4.69) is 12.1 Å². The fourth-order valence-corrected chi connectivity index (χ4v) is 4.19. The van der Waals surface area contributed by atoms with Crippen molar-refractivity contribution in [3.8, 4) is 11.5 Å². The van der Waals surface area contributed by atoms with Gasteiger partial charge in [-0.15, -0.1) is 0 Å². The molecule has 5 nitrogen and oxygen atoms in total. The van der Waals surface area contributed by atoms with E-state index >= 15 is 0 Å². The second-order valence-corrected chi connectivity index (χ2v) is 7.54. The third-order valence-electron chi connectivity index (χ3n) is 5.83. The molecule has 0 saturated carbocycles. The molecule has 0 spiro atoms. The molecule has 1 saturated heterocycles. The Morgan fingerprint density at radius 1 is 0.806 bits per heavy atom. The van der Waals surface area contributed by atoms with E-state index in [1.54, 1.807) is 14.2 Å². The lowest BCUT2D eigenvalue weighted by Crippen LogP contribution is -2.40. The molecule has 0 aliphatic carbocycles. The second kappa shape index (κ2) is 9.52. The Morgan fingerprint density at radius 3 is 1.81 bits per heavy atom. The van der Waals surface area contributed by atoms with Crippen LogP contribution in [-0.2, 0) is 15.1 Å². The summed E-state index contributed by atoms with van der Waals surface area (Å²) in [4.78, 5) is 0. The zero-order valence-corrected chi connectivity index (χ0v) is 17.9. The summed E-state index contributed by atoms with van der Waals surface area (Å²) in [6, 6.07) is 26.0. The summed E-state index contributed by atoms with van der Waals surface area (Å²) in [5.74, 6) is 1.55. The largest absolute Gasteiger partial charge is 0.497 e. The fourth-order valence-electron chi connectivity index (χ4n) is 4.19. The quantitative estimate of drug-likeness (QED) is 0.555. The molecule has 0 amide bonds. The Balaban J connectivity index is 1.92. The molecule has 162 valence electrons. The molecule has 0 aromatic heterocycles. The molecule has 1 aliphatic heterocycles. The number of benzene rings is 3. The molecule has 1 N–H and O–H groups in total. The lowest BCUT2D eigenvalue weighted by atomic mass is 9.79. The molecule has 5 heteroatoms. The monoisotopic (exact) mass is 420 g/mol. The van der Waals surface area contributed by atoms with Crippen LogP contribution in [0.4, 0.5) is 0 Å². The molecule has 1 heterocycles. The van der Waals surface area contributed by atoms with E-state index < -0.39 is 5.60 Å². The van der Waals surface area contributed by atoms with Crippen LogP contribution in [0.1, 0.15) is 23.1 Å². The van der Waals surface area contributed by atoms with Crippen molar-refractivity contribution in [3.63, 3.8) is 0 Å². The summed E-state index contributed by atoms with van der Waals surface area (Å²) in [7, 11) is 3.31. The van der Waals surface area contributed by atoms with Crippen LogP contribution in [0.15, 0.2) is 78.9 Å². The van der Waals surface area contributed by atoms with Crippen LogP contribution in [0.2, 0.25) is 0 Å². The summed E-state index contributed by atoms with van der Waals surface area (Å²) in [6.45, 7) is 0.479. The summed E-state index contributed by atoms with van der Waals surface area (Å²) in [5.41, 5.74) is 2.03. The van der Waals surface area contributed by atoms with E-state index in [9.17, 15) is 5.11 Å². The van der Waals surface area contributed by atoms with Crippen LogP contribution >= 0.6 is 0 Å². The van der Waals surface area contributed by atoms with Gasteiger partial charge in [-0.25, -0.2) is 0 Å². The number of methoxy groups -OCH3 is 2. The number of hydrogen-bond donors (Lipinski definition) is 1. The zero-order valence-electron chi connectivity index (χ0n) is 17.9. The Kier molecular flexibility index (Phi) is 6.56. The highest BCUT2D eigenvalue weighted by Crippen LogP contribution is 2.44. The Labute approximate surface area is 183 Å². The number of aliphatic hydroxyl groups is 1. The highest BCUT2D eigenvalue weighted by molar-refractivity contribution is 5.49. The SMILES string of the molecule is COc1ccc(C(OC2CCO[C@@H]2CO)(c2ccccc2)c2ccc(OC)cc2)cc1. The average Bonchev–Trinajstić information content (AvgIpc) is 3.30. The van der Waals surface area contributed by atoms with Gasteiger partial charge in [0.1, 0.15) is 23.2 Å². The molecule has 3 aromatic carbocycles. The predicted octanol–water partition coefficient (Wildman–Crippen LogP) is 4.16. The first-order valence-electron chi connectivity index (χ1n) is 10.5. The van der Waals surface area contributed by atoms with Crippen LogP contribution < -0.4 is 9.47 Å². The van der Waals surface area contributed by atoms with Gasteiger partial charge in [0.05, 0.1) is 26.9 Å². The number of ether oxygens (including phenoxy) is 4. The van der Waals surface area contributed by atoms with Crippen LogP contribution in [0.5, 0.6) is 11.5 Å². The van der Waals surface area contributed by atoms with E-state index in [0.717, 1.165) is 28.2 Å². The second-order valence-electron chi connectivity index (χ2n) is 7.54. The minimum Gasteiger partial charge on any atom is -0.497 e. The topological polar surface area (TPSA) is 57.2 Å². The van der Waals surface area contributed by atoms with Crippen LogP contribution in [0, 0.1) is 0 Å². The third kappa shape index (κ3) is 4.17. The first-order chi connectivity index (χ1) is 15.2. The van der Waals surface area contributed by atoms with Gasteiger partial charge in [0, 0.05) is 6.61 Å². The van der Waals surface area contributed by atoms with Crippen molar-refractivity contribution < 1.29 is 24.1 Å². The molecule has 0 bridgehead atoms. The summed E-state index contributed by atoms with van der Waals surface area (Å²) in [6.07, 6.45) is 0.0977. The molecule has 0 radical (unpaired) electrons. The van der Waals surface area contributed by atoms with Crippen molar-refractivity contribution in [1.82, 2.24) is 0 Å². The normalized spacial score (nSPS) is 18.7. The maximum absolute atomic E-state index is 9.84. The van der Waals surface area contributed by atoms with E-state index in [-0.39, 0.29) is 18.8 Å². The van der Waals surface area contributed by atoms with Crippen molar-refractivity contribution in [2.45, 2.75) is 24.2 Å². The van der Waals surface area contributed by atoms with E-state index in [1.165, 1.54) is 0 Å². The Morgan fingerprint density at radius 2 is 1.32 bits per heavy atom. The fraction of sp³-hybridized carbons (Fsp3) is 0.308. The molecule has 4 rings (SSSR count). The van der Waals surface area contributed by atoms with Crippen LogP contribution in [0.3, 0.4) is 0 Å². The van der Waals surface area contributed by atoms with Gasteiger partial charge in [-0.3, -0.25) is 0 Å². The van der Waals surface area contributed by atoms with Gasteiger partial charge in [0.25, 0.3) is 0 Å². The van der Waals surface area contributed by atoms with Gasteiger partial charge in [-0.2, -0.15) is 0 Å². The maximum Gasteiger partial charge on any atom is 0.144 e. The van der Waals surface area contributed by atoms with Crippen molar-refractivity contribution in [2.24, 2.45) is 0 Å². The number of rotatable bonds is 8. The minimum absolute atomic E-state index is 0.0826. The van der Waals surface area contributed by atoms with E-state index in [4.69, 9.17) is 18.9 Å². The molecular weight excluding hydrogens is 392 g/mol. The van der Waals surface area contributed by atoms with Gasteiger partial charge in [-0.1, -0.05) is 54.6 Å². The summed E-state index contributed by atoms with van der Waals surface area (Å²) < 4.78 is 23.4. The highest BCUT2D eigenvalue weighted by atomic mass is 16.6. The average molecular weight is 421 g/mol. The molecule has 2 atom stereocenters. The van der Waals surface area contributed by atoms with Crippen LogP contribution in [-0.4, -0.2) is 44.7 Å². The summed E-state index contributed by atoms with van der Waals surface area (Å²) >= 11 is 0. The van der Waals surface area contributed by atoms with E-state index in [0.29, 0.717) is 13.0 Å². The van der Waals surface area contributed by atoms with Gasteiger partial charge >= 0.3 is 0 Å². The van der Waals surface area contributed by atoms with Gasteiger partial charge in [0.15, 0.2) is 0 Å². The van der Waals surface area contributed by atoms with Crippen molar-refractivity contribution in [2.75, 3.05) is 27.4 Å². The lowest BCUT2D eigenvalue weighted by Gasteiger charge is -2.39. The smallest absolute Gasteiger partial charge is 0.144 e. The molecule has 1 fully saturated rings. The molecule has 3 aromatic rings. The summed E-state index contributed by atoms with van der Waals surface area (Å²) in [5, 5.41) is 9.84. The predicted molar refractivity (Wildman–Crippen MR) is 119 cm³/mol. The Bertz CT molecular complexity index is 906. The van der Waals surface area contributed by atoms with Crippen molar-refractivity contribution in [3.05, 3.63) is 95.6 Å². The first-order valence-corrected chi connectivity index (χ1v) is 10.5. The van der Waals surface area contributed by atoms with Gasteiger partial charge in [-0.05, 0) is 47.4 Å². The molecular formula is C26H28O5. The zero-order chi connectivity index (χ0) is 21.7. The van der Waals surface area contributed by atoms with Gasteiger partial charge < -0.3 is 24.1 Å². The maximum atomic E-state index is 9.84. The number of hydrogen-bond acceptors (Lipinski definition) is 5. The van der Waals surface area contributed by atoms with Crippen LogP contribution in [0.25, 0.3) is 0 Å². The molecule has 1 unspecified atom stereocenters. The third-order valence-corrected chi connectivity index (χ3v) is 5.83. The molecule has 31 heavy (non-hydrogen) atoms. The van der Waals surface area contributed by atoms with Crippen molar-refractivity contribution in [1.29, 1.82) is 0 Å². The van der Waals surface area contributed by atoms with Gasteiger partial charge in [0.2, 0.25) is 0 Å². The van der Waals surface area contributed by atoms with Crippen molar-refractivity contribution >= 4 is 0 Å². The first kappa shape index (κ1) is 21.4. The standard InChI is InChI=1S/C26H28O5/c1-28-22-12-8-20(9-13-22)26(19-6-4-3-5-7-19,21-10-14-23(29-2)15-11-21)31-24-16-17-30-25(24)18-27/h3-15,24-25,27H,16-18H2,1-2H3/t24?,25-/m1/s1.